The van der Waals surface area contributed by atoms with Crippen LogP contribution in [0.15, 0.2) is 30.5 Å². The normalized spacial score (nSPS) is 10.3. The number of hydrogen-bond donors (Lipinski definition) is 1. The zero-order valence-electron chi connectivity index (χ0n) is 13.9. The summed E-state index contributed by atoms with van der Waals surface area (Å²) in [5, 5.41) is 1.73. The number of rotatable bonds is 3. The average Bonchev–Trinajstić information content (AvgIpc) is 2.97. The van der Waals surface area contributed by atoms with Crippen molar-refractivity contribution in [2.75, 3.05) is 13.2 Å². The third-order valence-electron chi connectivity index (χ3n) is 3.55. The monoisotopic (exact) mass is 336 g/mol. The van der Waals surface area contributed by atoms with Gasteiger partial charge in [0.25, 0.3) is 0 Å². The summed E-state index contributed by atoms with van der Waals surface area (Å²) in [6.45, 7) is 4.06. The predicted octanol–water partition coefficient (Wildman–Crippen LogP) is 2.81. The summed E-state index contributed by atoms with van der Waals surface area (Å²) in [7, 11) is 0. The number of nitrogens with zero attached hydrogens (tertiary/aromatic N) is 1. The topological polar surface area (TPSA) is 81.3 Å². The number of carbonyl (C=O) groups is 2. The molecule has 3 rings (SSSR count). The molecular weight excluding hydrogens is 320 g/mol. The predicted molar refractivity (Wildman–Crippen MR) is 93.1 cm³/mol. The highest BCUT2D eigenvalue weighted by molar-refractivity contribution is 6.09. The van der Waals surface area contributed by atoms with Gasteiger partial charge in [0.05, 0.1) is 24.9 Å². The van der Waals surface area contributed by atoms with E-state index in [1.165, 1.54) is 0 Å². The van der Waals surface area contributed by atoms with Gasteiger partial charge in [-0.3, -0.25) is 0 Å². The first-order chi connectivity index (χ1) is 12.1. The van der Waals surface area contributed by atoms with Gasteiger partial charge < -0.3 is 14.5 Å². The van der Waals surface area contributed by atoms with E-state index >= 15 is 0 Å². The van der Waals surface area contributed by atoms with Crippen LogP contribution in [0.1, 0.15) is 29.9 Å². The zero-order valence-corrected chi connectivity index (χ0v) is 13.9. The van der Waals surface area contributed by atoms with Gasteiger partial charge in [-0.1, -0.05) is 5.92 Å². The molecule has 25 heavy (non-hydrogen) atoms. The summed E-state index contributed by atoms with van der Waals surface area (Å²) in [6.07, 6.45) is 1.60. The van der Waals surface area contributed by atoms with E-state index in [1.807, 2.05) is 18.2 Å². The van der Waals surface area contributed by atoms with Gasteiger partial charge in [-0.05, 0) is 38.1 Å². The fraction of sp³-hybridized carbons (Fsp3) is 0.211. The molecule has 0 radical (unpaired) electrons. The number of hydrogen-bond acceptors (Lipinski definition) is 5. The highest BCUT2D eigenvalue weighted by Crippen LogP contribution is 2.26. The molecule has 2 heterocycles. The molecule has 0 saturated carbocycles. The lowest BCUT2D eigenvalue weighted by Crippen LogP contribution is -2.06. The molecule has 0 aliphatic rings. The molecular formula is C19H16N2O4. The van der Waals surface area contributed by atoms with Crippen LogP contribution in [-0.2, 0) is 14.3 Å². The summed E-state index contributed by atoms with van der Waals surface area (Å²) in [6, 6.07) is 7.22. The van der Waals surface area contributed by atoms with Crippen molar-refractivity contribution in [1.29, 1.82) is 0 Å². The molecule has 0 aliphatic heterocycles. The average molecular weight is 336 g/mol. The van der Waals surface area contributed by atoms with Crippen molar-refractivity contribution >= 4 is 33.7 Å². The van der Waals surface area contributed by atoms with E-state index < -0.39 is 11.9 Å². The van der Waals surface area contributed by atoms with E-state index in [-0.39, 0.29) is 5.69 Å². The van der Waals surface area contributed by atoms with Crippen LogP contribution >= 0.6 is 0 Å². The Morgan fingerprint density at radius 2 is 1.84 bits per heavy atom. The molecule has 0 atom stereocenters. The molecule has 2 aromatic heterocycles. The Balaban J connectivity index is 2.04. The van der Waals surface area contributed by atoms with Crippen LogP contribution in [0.2, 0.25) is 0 Å². The Morgan fingerprint density at radius 1 is 1.08 bits per heavy atom. The zero-order chi connectivity index (χ0) is 17.8. The Kier molecular flexibility index (Phi) is 4.66. The molecule has 0 aliphatic carbocycles. The van der Waals surface area contributed by atoms with Gasteiger partial charge >= 0.3 is 11.9 Å². The number of esters is 2. The third-order valence-corrected chi connectivity index (χ3v) is 3.55. The van der Waals surface area contributed by atoms with Gasteiger partial charge in [-0.2, -0.15) is 0 Å². The molecule has 0 spiro atoms. The van der Waals surface area contributed by atoms with Gasteiger partial charge in [0, 0.05) is 27.8 Å². The lowest BCUT2D eigenvalue weighted by molar-refractivity contribution is -0.136. The number of ether oxygens (including phenoxy) is 2. The van der Waals surface area contributed by atoms with Crippen molar-refractivity contribution in [3.8, 4) is 11.8 Å². The van der Waals surface area contributed by atoms with Crippen molar-refractivity contribution in [3.63, 3.8) is 0 Å². The number of nitrogens with one attached hydrogen (secondary N) is 1. The smallest absolute Gasteiger partial charge is 0.384 e. The van der Waals surface area contributed by atoms with Crippen LogP contribution < -0.4 is 0 Å². The minimum Gasteiger partial charge on any atom is -0.461 e. The fourth-order valence-electron chi connectivity index (χ4n) is 2.48. The minimum absolute atomic E-state index is 0.248. The molecule has 1 N–H and O–H groups in total. The summed E-state index contributed by atoms with van der Waals surface area (Å²) < 4.78 is 9.78. The lowest BCUT2D eigenvalue weighted by Gasteiger charge is -2.00. The molecule has 1 aromatic carbocycles. The highest BCUT2D eigenvalue weighted by Gasteiger charge is 2.12. The summed E-state index contributed by atoms with van der Waals surface area (Å²) in [5.41, 5.74) is 2.62. The molecule has 0 fully saturated rings. The lowest BCUT2D eigenvalue weighted by atomic mass is 10.1. The van der Waals surface area contributed by atoms with Crippen LogP contribution in [0.4, 0.5) is 0 Å². The molecule has 0 amide bonds. The van der Waals surface area contributed by atoms with Gasteiger partial charge in [0.2, 0.25) is 0 Å². The van der Waals surface area contributed by atoms with Gasteiger partial charge in [-0.25, -0.2) is 14.6 Å². The number of aromatic amines is 1. The maximum absolute atomic E-state index is 11.9. The van der Waals surface area contributed by atoms with Gasteiger partial charge in [0.15, 0.2) is 0 Å². The SMILES string of the molecule is CCOC(=O)C#Cc1ccc2[nH]c3cnc(C(=O)OCC)cc3c2c1. The van der Waals surface area contributed by atoms with E-state index in [9.17, 15) is 9.59 Å². The van der Waals surface area contributed by atoms with Crippen molar-refractivity contribution in [3.05, 3.63) is 41.7 Å². The molecule has 0 unspecified atom stereocenters. The number of fused-ring (bicyclic) bond motifs is 3. The maximum Gasteiger partial charge on any atom is 0.384 e. The van der Waals surface area contributed by atoms with E-state index in [1.54, 1.807) is 26.1 Å². The quantitative estimate of drug-likeness (QED) is 0.587. The van der Waals surface area contributed by atoms with Crippen LogP contribution in [-0.4, -0.2) is 35.1 Å². The van der Waals surface area contributed by atoms with Crippen LogP contribution in [0.3, 0.4) is 0 Å². The summed E-state index contributed by atoms with van der Waals surface area (Å²) in [4.78, 5) is 30.6. The number of aromatic nitrogens is 2. The number of H-pyrrole nitrogens is 1. The maximum atomic E-state index is 11.9. The van der Waals surface area contributed by atoms with E-state index in [0.717, 1.165) is 21.8 Å². The molecule has 0 saturated heterocycles. The second kappa shape index (κ2) is 7.05. The second-order valence-corrected chi connectivity index (χ2v) is 5.19. The summed E-state index contributed by atoms with van der Waals surface area (Å²) >= 11 is 0. The Labute approximate surface area is 144 Å². The van der Waals surface area contributed by atoms with Crippen molar-refractivity contribution in [2.45, 2.75) is 13.8 Å². The molecule has 6 heteroatoms. The molecule has 126 valence electrons. The van der Waals surface area contributed by atoms with Crippen molar-refractivity contribution in [1.82, 2.24) is 9.97 Å². The van der Waals surface area contributed by atoms with Crippen LogP contribution in [0.5, 0.6) is 0 Å². The number of carbonyl (C=O) groups excluding carboxylic acids is 2. The van der Waals surface area contributed by atoms with Crippen LogP contribution in [0, 0.1) is 11.8 Å². The molecule has 3 aromatic rings. The van der Waals surface area contributed by atoms with E-state index in [0.29, 0.717) is 18.8 Å². The van der Waals surface area contributed by atoms with Gasteiger partial charge in [-0.15, -0.1) is 0 Å². The Morgan fingerprint density at radius 3 is 2.60 bits per heavy atom. The molecule has 0 bridgehead atoms. The largest absolute Gasteiger partial charge is 0.461 e. The van der Waals surface area contributed by atoms with Gasteiger partial charge in [0.1, 0.15) is 5.69 Å². The highest BCUT2D eigenvalue weighted by atomic mass is 16.5. The summed E-state index contributed by atoms with van der Waals surface area (Å²) in [5.74, 6) is 4.21. The van der Waals surface area contributed by atoms with E-state index in [2.05, 4.69) is 21.8 Å². The number of pyridine rings is 1. The third kappa shape index (κ3) is 3.45. The molecule has 6 nitrogen and oxygen atoms in total. The minimum atomic E-state index is -0.560. The van der Waals surface area contributed by atoms with Crippen molar-refractivity contribution < 1.29 is 19.1 Å². The first-order valence-electron chi connectivity index (χ1n) is 7.89. The standard InChI is InChI=1S/C19H16N2O4/c1-3-24-18(22)8-6-12-5-7-15-13(9-12)14-10-16(19(23)25-4-2)20-11-17(14)21-15/h5,7,9-11,21H,3-4H2,1-2H3. The first kappa shape index (κ1) is 16.5. The van der Waals surface area contributed by atoms with Crippen molar-refractivity contribution in [2.24, 2.45) is 0 Å². The first-order valence-corrected chi connectivity index (χ1v) is 7.89. The Bertz CT molecular complexity index is 1020. The van der Waals surface area contributed by atoms with E-state index in [4.69, 9.17) is 9.47 Å². The number of benzene rings is 1. The Hall–Kier alpha value is -3.33. The fourth-order valence-corrected chi connectivity index (χ4v) is 2.48. The second-order valence-electron chi connectivity index (χ2n) is 5.19. The van der Waals surface area contributed by atoms with Crippen LogP contribution in [0.25, 0.3) is 21.8 Å².